The van der Waals surface area contributed by atoms with Crippen LogP contribution in [-0.4, -0.2) is 31.3 Å². The number of rotatable bonds is 4. The third kappa shape index (κ3) is 2.32. The Hall–Kier alpha value is -2.18. The standard InChI is InChI=1S/C10H12N4O3/c1-6(5-9(15)16)14-10(11-12-13-14)8-4-3-7(2)17-8/h3-4,6H,5H2,1-2H3,(H,15,16). The van der Waals surface area contributed by atoms with E-state index in [0.717, 1.165) is 5.76 Å². The zero-order valence-electron chi connectivity index (χ0n) is 9.49. The van der Waals surface area contributed by atoms with Crippen LogP contribution in [0.3, 0.4) is 0 Å². The molecule has 2 aromatic heterocycles. The lowest BCUT2D eigenvalue weighted by Crippen LogP contribution is -2.13. The van der Waals surface area contributed by atoms with Gasteiger partial charge < -0.3 is 9.52 Å². The van der Waals surface area contributed by atoms with Crippen LogP contribution in [0.2, 0.25) is 0 Å². The van der Waals surface area contributed by atoms with Gasteiger partial charge in [-0.15, -0.1) is 5.10 Å². The Morgan fingerprint density at radius 1 is 1.59 bits per heavy atom. The molecule has 1 atom stereocenters. The molecule has 0 saturated heterocycles. The predicted octanol–water partition coefficient (Wildman–Crippen LogP) is 1.28. The van der Waals surface area contributed by atoms with Gasteiger partial charge in [-0.1, -0.05) is 0 Å². The first-order chi connectivity index (χ1) is 8.08. The summed E-state index contributed by atoms with van der Waals surface area (Å²) in [5.41, 5.74) is 0. The third-order valence-electron chi connectivity index (χ3n) is 2.34. The summed E-state index contributed by atoms with van der Waals surface area (Å²) in [7, 11) is 0. The summed E-state index contributed by atoms with van der Waals surface area (Å²) in [4.78, 5) is 10.7. The molecule has 0 bridgehead atoms. The minimum atomic E-state index is -0.894. The van der Waals surface area contributed by atoms with E-state index < -0.39 is 5.97 Å². The van der Waals surface area contributed by atoms with Gasteiger partial charge >= 0.3 is 5.97 Å². The maximum absolute atomic E-state index is 10.7. The molecule has 17 heavy (non-hydrogen) atoms. The number of aromatic nitrogens is 4. The molecule has 0 aliphatic heterocycles. The monoisotopic (exact) mass is 236 g/mol. The molecular formula is C10H12N4O3. The first-order valence-electron chi connectivity index (χ1n) is 5.14. The molecular weight excluding hydrogens is 224 g/mol. The van der Waals surface area contributed by atoms with Crippen LogP contribution in [0.25, 0.3) is 11.6 Å². The molecule has 2 rings (SSSR count). The van der Waals surface area contributed by atoms with Gasteiger partial charge in [0.15, 0.2) is 5.76 Å². The van der Waals surface area contributed by atoms with Crippen LogP contribution >= 0.6 is 0 Å². The number of hydrogen-bond donors (Lipinski definition) is 1. The van der Waals surface area contributed by atoms with Crippen molar-refractivity contribution in [2.75, 3.05) is 0 Å². The predicted molar refractivity (Wildman–Crippen MR) is 57.2 cm³/mol. The number of aryl methyl sites for hydroxylation is 1. The molecule has 0 spiro atoms. The number of furan rings is 1. The largest absolute Gasteiger partial charge is 0.481 e. The Labute approximate surface area is 97.0 Å². The second kappa shape index (κ2) is 4.36. The highest BCUT2D eigenvalue weighted by molar-refractivity contribution is 5.67. The summed E-state index contributed by atoms with van der Waals surface area (Å²) in [6.45, 7) is 3.56. The summed E-state index contributed by atoms with van der Waals surface area (Å²) in [5, 5.41) is 19.9. The Kier molecular flexibility index (Phi) is 2.90. The number of aliphatic carboxylic acids is 1. The number of nitrogens with zero attached hydrogens (tertiary/aromatic N) is 4. The van der Waals surface area contributed by atoms with E-state index in [9.17, 15) is 4.79 Å². The van der Waals surface area contributed by atoms with E-state index in [-0.39, 0.29) is 12.5 Å². The molecule has 7 nitrogen and oxygen atoms in total. The summed E-state index contributed by atoms with van der Waals surface area (Å²) in [6, 6.07) is 3.23. The molecule has 0 radical (unpaired) electrons. The zero-order chi connectivity index (χ0) is 12.4. The van der Waals surface area contributed by atoms with E-state index in [0.29, 0.717) is 11.6 Å². The van der Waals surface area contributed by atoms with Gasteiger partial charge in [-0.25, -0.2) is 4.68 Å². The Bertz CT molecular complexity index is 531. The van der Waals surface area contributed by atoms with Crippen molar-refractivity contribution in [1.82, 2.24) is 20.2 Å². The average molecular weight is 236 g/mol. The van der Waals surface area contributed by atoms with Crippen molar-refractivity contribution < 1.29 is 14.3 Å². The fourth-order valence-corrected chi connectivity index (χ4v) is 1.55. The Morgan fingerprint density at radius 3 is 2.94 bits per heavy atom. The number of carbonyl (C=O) groups is 1. The van der Waals surface area contributed by atoms with E-state index >= 15 is 0 Å². The van der Waals surface area contributed by atoms with Gasteiger partial charge in [-0.3, -0.25) is 4.79 Å². The van der Waals surface area contributed by atoms with Gasteiger partial charge in [0.2, 0.25) is 5.82 Å². The van der Waals surface area contributed by atoms with Crippen LogP contribution in [0.1, 0.15) is 25.1 Å². The smallest absolute Gasteiger partial charge is 0.305 e. The van der Waals surface area contributed by atoms with Gasteiger partial charge in [0, 0.05) is 0 Å². The van der Waals surface area contributed by atoms with Crippen LogP contribution in [0.4, 0.5) is 0 Å². The molecule has 0 aromatic carbocycles. The number of tetrazole rings is 1. The van der Waals surface area contributed by atoms with Gasteiger partial charge in [-0.05, 0) is 36.4 Å². The third-order valence-corrected chi connectivity index (χ3v) is 2.34. The van der Waals surface area contributed by atoms with E-state index in [1.165, 1.54) is 4.68 Å². The minimum absolute atomic E-state index is 0.0439. The summed E-state index contributed by atoms with van der Waals surface area (Å²) < 4.78 is 6.86. The van der Waals surface area contributed by atoms with Crippen molar-refractivity contribution in [3.05, 3.63) is 17.9 Å². The van der Waals surface area contributed by atoms with Gasteiger partial charge in [0.05, 0.1) is 12.5 Å². The maximum atomic E-state index is 10.7. The molecule has 2 heterocycles. The lowest BCUT2D eigenvalue weighted by molar-refractivity contribution is -0.137. The fourth-order valence-electron chi connectivity index (χ4n) is 1.55. The second-order valence-corrected chi connectivity index (χ2v) is 3.80. The molecule has 7 heteroatoms. The SMILES string of the molecule is Cc1ccc(-c2nnnn2C(C)CC(=O)O)o1. The van der Waals surface area contributed by atoms with Crippen molar-refractivity contribution in [3.63, 3.8) is 0 Å². The zero-order valence-corrected chi connectivity index (χ0v) is 9.49. The number of hydrogen-bond acceptors (Lipinski definition) is 5. The minimum Gasteiger partial charge on any atom is -0.481 e. The first-order valence-corrected chi connectivity index (χ1v) is 5.14. The van der Waals surface area contributed by atoms with Gasteiger partial charge in [0.25, 0.3) is 0 Å². The number of carboxylic acid groups (broad SMARTS) is 1. The summed E-state index contributed by atoms with van der Waals surface area (Å²) in [5.74, 6) is 0.826. The Morgan fingerprint density at radius 2 is 2.35 bits per heavy atom. The van der Waals surface area contributed by atoms with E-state index in [2.05, 4.69) is 15.5 Å². The quantitative estimate of drug-likeness (QED) is 0.859. The van der Waals surface area contributed by atoms with Crippen LogP contribution < -0.4 is 0 Å². The highest BCUT2D eigenvalue weighted by Gasteiger charge is 2.18. The van der Waals surface area contributed by atoms with Gasteiger partial charge in [-0.2, -0.15) is 0 Å². The topological polar surface area (TPSA) is 94.0 Å². The molecule has 0 amide bonds. The normalized spacial score (nSPS) is 12.6. The molecule has 1 unspecified atom stereocenters. The first kappa shape index (κ1) is 11.3. The molecule has 2 aromatic rings. The highest BCUT2D eigenvalue weighted by Crippen LogP contribution is 2.22. The van der Waals surface area contributed by atoms with Crippen molar-refractivity contribution in [3.8, 4) is 11.6 Å². The van der Waals surface area contributed by atoms with E-state index in [4.69, 9.17) is 9.52 Å². The highest BCUT2D eigenvalue weighted by atomic mass is 16.4. The molecule has 0 aliphatic rings. The van der Waals surface area contributed by atoms with Crippen molar-refractivity contribution >= 4 is 5.97 Å². The fraction of sp³-hybridized carbons (Fsp3) is 0.400. The van der Waals surface area contributed by atoms with E-state index in [1.54, 1.807) is 19.1 Å². The lowest BCUT2D eigenvalue weighted by Gasteiger charge is -2.09. The maximum Gasteiger partial charge on any atom is 0.305 e. The summed E-state index contributed by atoms with van der Waals surface area (Å²) in [6.07, 6.45) is -0.0439. The molecule has 0 fully saturated rings. The number of carboxylic acids is 1. The van der Waals surface area contributed by atoms with E-state index in [1.807, 2.05) is 6.92 Å². The molecule has 1 N–H and O–H groups in total. The molecule has 0 aliphatic carbocycles. The van der Waals surface area contributed by atoms with Crippen LogP contribution in [0, 0.1) is 6.92 Å². The van der Waals surface area contributed by atoms with Crippen molar-refractivity contribution in [1.29, 1.82) is 0 Å². The van der Waals surface area contributed by atoms with Gasteiger partial charge in [0.1, 0.15) is 5.76 Å². The van der Waals surface area contributed by atoms with Crippen LogP contribution in [0.15, 0.2) is 16.5 Å². The summed E-state index contributed by atoms with van der Waals surface area (Å²) >= 11 is 0. The van der Waals surface area contributed by atoms with Crippen LogP contribution in [0.5, 0.6) is 0 Å². The Balaban J connectivity index is 2.31. The molecule has 0 saturated carbocycles. The average Bonchev–Trinajstić information content (AvgIpc) is 2.83. The molecule has 90 valence electrons. The van der Waals surface area contributed by atoms with Crippen molar-refractivity contribution in [2.24, 2.45) is 0 Å². The second-order valence-electron chi connectivity index (χ2n) is 3.80. The van der Waals surface area contributed by atoms with Crippen molar-refractivity contribution in [2.45, 2.75) is 26.3 Å². The van der Waals surface area contributed by atoms with Crippen LogP contribution in [-0.2, 0) is 4.79 Å². The lowest BCUT2D eigenvalue weighted by atomic mass is 10.2.